The Morgan fingerprint density at radius 1 is 1.20 bits per heavy atom. The molecule has 9 heteroatoms. The smallest absolute Gasteiger partial charge is 0.830 e. The third-order valence-electron chi connectivity index (χ3n) is 0.224. The molecule has 0 radical (unpaired) electrons. The van der Waals surface area contributed by atoms with Crippen molar-refractivity contribution in [2.45, 2.75) is 0 Å². The average Bonchev–Trinajstić information content (AvgIpc) is 1.31. The molecule has 0 saturated heterocycles. The fourth-order valence-corrected chi connectivity index (χ4v) is 0. The van der Waals surface area contributed by atoms with E-state index in [0.29, 0.717) is 0 Å². The quantitative estimate of drug-likeness (QED) is 0.197. The fraction of sp³-hybridized carbons (Fsp3) is 0. The van der Waals surface area contributed by atoms with Crippen molar-refractivity contribution in [1.82, 2.24) is 0 Å². The van der Waals surface area contributed by atoms with Gasteiger partial charge in [0, 0.05) is 0 Å². The Bertz CT molecular complexity index is 134. The van der Waals surface area contributed by atoms with Crippen LogP contribution in [0.2, 0.25) is 0 Å². The maximum absolute atomic E-state index is 9.93. The van der Waals surface area contributed by atoms with Crippen LogP contribution in [0.25, 0.3) is 0 Å². The van der Waals surface area contributed by atoms with Gasteiger partial charge in [-0.25, -0.2) is 6.49 Å². The Hall–Kier alpha value is 3.88. The summed E-state index contributed by atoms with van der Waals surface area (Å²) in [5.74, 6) is 0. The number of rotatable bonds is 1. The SMILES string of the molecule is [Na+].[Na+].[Na+].[O-]P([O-])(=S)C(=S)[S-]. The van der Waals surface area contributed by atoms with E-state index in [1.807, 2.05) is 0 Å². The molecule has 0 aromatic rings. The van der Waals surface area contributed by atoms with Gasteiger partial charge < -0.3 is 34.6 Å². The van der Waals surface area contributed by atoms with Crippen molar-refractivity contribution < 1.29 is 98.5 Å². The van der Waals surface area contributed by atoms with E-state index < -0.39 is 10.4 Å². The Balaban J connectivity index is -0.0000000600. The molecule has 0 aromatic heterocycles. The predicted octanol–water partition coefficient (Wildman–Crippen LogP) is -10.1. The molecule has 0 aliphatic heterocycles. The van der Waals surface area contributed by atoms with Gasteiger partial charge in [-0.05, 0) is 0 Å². The minimum atomic E-state index is -3.86. The van der Waals surface area contributed by atoms with E-state index >= 15 is 0 Å². The van der Waals surface area contributed by atoms with E-state index in [0.717, 1.165) is 0 Å². The minimum absolute atomic E-state index is 0. The Morgan fingerprint density at radius 3 is 1.30 bits per heavy atom. The van der Waals surface area contributed by atoms with Crippen molar-refractivity contribution >= 4 is 47.1 Å². The first-order valence-corrected chi connectivity index (χ1v) is 4.63. The van der Waals surface area contributed by atoms with Crippen LogP contribution in [0.5, 0.6) is 0 Å². The molecule has 2 nitrogen and oxygen atoms in total. The summed E-state index contributed by atoms with van der Waals surface area (Å²) in [6.45, 7) is -3.86. The monoisotopic (exact) mass is 240 g/mol. The number of hydrogen-bond acceptors (Lipinski definition) is 5. The Labute approximate surface area is 142 Å². The molecular formula is CNa3O2PS3. The van der Waals surface area contributed by atoms with Crippen LogP contribution in [0.1, 0.15) is 0 Å². The van der Waals surface area contributed by atoms with E-state index in [4.69, 9.17) is 0 Å². The van der Waals surface area contributed by atoms with Gasteiger partial charge in [-0.1, -0.05) is 0 Å². The molecule has 0 fully saturated rings. The largest absolute Gasteiger partial charge is 1.00 e. The molecular weight excluding hydrogens is 240 g/mol. The van der Waals surface area contributed by atoms with Gasteiger partial charge >= 0.3 is 88.7 Å². The molecule has 0 unspecified atom stereocenters. The average molecular weight is 240 g/mol. The molecule has 0 saturated carbocycles. The van der Waals surface area contributed by atoms with Crippen molar-refractivity contribution in [3.05, 3.63) is 0 Å². The molecule has 0 amide bonds. The third kappa shape index (κ3) is 14.4. The van der Waals surface area contributed by atoms with Crippen LogP contribution in [0.4, 0.5) is 0 Å². The zero-order valence-electron chi connectivity index (χ0n) is 5.99. The normalized spacial score (nSPS) is 7.80. The molecule has 0 bridgehead atoms. The topological polar surface area (TPSA) is 46.1 Å². The molecule has 0 aliphatic carbocycles. The van der Waals surface area contributed by atoms with Crippen molar-refractivity contribution in [2.24, 2.45) is 0 Å². The molecule has 0 N–H and O–H groups in total. The van der Waals surface area contributed by atoms with E-state index in [1.165, 1.54) is 0 Å². The molecule has 42 valence electrons. The van der Waals surface area contributed by atoms with Crippen LogP contribution in [-0.2, 0) is 24.4 Å². The van der Waals surface area contributed by atoms with E-state index in [-0.39, 0.29) is 88.7 Å². The summed E-state index contributed by atoms with van der Waals surface area (Å²) in [4.78, 5) is 19.9. The van der Waals surface area contributed by atoms with Gasteiger partial charge in [0.05, 0.1) is 0 Å². The van der Waals surface area contributed by atoms with Crippen molar-refractivity contribution in [1.29, 1.82) is 0 Å². The van der Waals surface area contributed by atoms with Gasteiger partial charge in [0.25, 0.3) is 0 Å². The van der Waals surface area contributed by atoms with Gasteiger partial charge in [-0.15, -0.1) is 15.7 Å². The van der Waals surface area contributed by atoms with Gasteiger partial charge in [0.1, 0.15) is 0 Å². The summed E-state index contributed by atoms with van der Waals surface area (Å²) in [5.41, 5.74) is 0. The summed E-state index contributed by atoms with van der Waals surface area (Å²) in [6.07, 6.45) is 0. The van der Waals surface area contributed by atoms with Gasteiger partial charge in [-0.3, -0.25) is 0 Å². The zero-order chi connectivity index (χ0) is 6.08. The fourth-order valence-electron chi connectivity index (χ4n) is 0. The van der Waals surface area contributed by atoms with Crippen LogP contribution in [0.15, 0.2) is 0 Å². The second-order valence-corrected chi connectivity index (χ2v) is 5.33. The first kappa shape index (κ1) is 23.6. The van der Waals surface area contributed by atoms with Crippen LogP contribution < -0.4 is 98.5 Å². The van der Waals surface area contributed by atoms with Gasteiger partial charge in [0.2, 0.25) is 0 Å². The molecule has 0 spiro atoms. The molecule has 0 aliphatic rings. The third-order valence-corrected chi connectivity index (χ3v) is 3.35. The van der Waals surface area contributed by atoms with Crippen molar-refractivity contribution in [3.8, 4) is 0 Å². The second kappa shape index (κ2) is 11.0. The maximum Gasteiger partial charge on any atom is 1.00 e. The first-order valence-electron chi connectivity index (χ1n) is 1.18. The predicted molar refractivity (Wildman–Crippen MR) is 34.2 cm³/mol. The molecule has 0 atom stereocenters. The van der Waals surface area contributed by atoms with Crippen LogP contribution in [0.3, 0.4) is 0 Å². The molecule has 0 aromatic carbocycles. The van der Waals surface area contributed by atoms with E-state index in [2.05, 4.69) is 36.7 Å². The summed E-state index contributed by atoms with van der Waals surface area (Å²) in [5, 5.41) is 0. The number of thiocarbonyl (C=S) groups is 1. The van der Waals surface area contributed by atoms with Gasteiger partial charge in [0.15, 0.2) is 0 Å². The summed E-state index contributed by atoms with van der Waals surface area (Å²) >= 11 is 12.0. The maximum atomic E-state index is 9.93. The minimum Gasteiger partial charge on any atom is -0.830 e. The van der Waals surface area contributed by atoms with E-state index in [1.54, 1.807) is 0 Å². The van der Waals surface area contributed by atoms with Crippen LogP contribution >= 0.6 is 18.7 Å². The second-order valence-electron chi connectivity index (χ2n) is 0.763. The molecule has 0 heterocycles. The van der Waals surface area contributed by atoms with Crippen molar-refractivity contribution in [2.75, 3.05) is 0 Å². The van der Waals surface area contributed by atoms with Gasteiger partial charge in [-0.2, -0.15) is 0 Å². The summed E-state index contributed by atoms with van der Waals surface area (Å²) < 4.78 is -0.525. The summed E-state index contributed by atoms with van der Waals surface area (Å²) in [7, 11) is 0. The first-order chi connectivity index (χ1) is 2.94. The Morgan fingerprint density at radius 2 is 1.30 bits per heavy atom. The van der Waals surface area contributed by atoms with Crippen LogP contribution in [-0.4, -0.2) is 3.94 Å². The Kier molecular flexibility index (Phi) is 25.8. The van der Waals surface area contributed by atoms with Crippen LogP contribution in [0, 0.1) is 0 Å². The standard InChI is InChI=1S/CH3O2PS3.3Na/c2-4(3,7)1(5)6;;;/h(H,5,6)(H2,2,3,7);;;/q;3*+1/p-3. The molecule has 10 heavy (non-hydrogen) atoms. The summed E-state index contributed by atoms with van der Waals surface area (Å²) in [6, 6.07) is 0. The number of hydrogen-bond donors (Lipinski definition) is 0. The zero-order valence-corrected chi connectivity index (χ0v) is 15.3. The molecule has 0 rings (SSSR count). The van der Waals surface area contributed by atoms with E-state index in [9.17, 15) is 9.79 Å². The van der Waals surface area contributed by atoms with Crippen molar-refractivity contribution in [3.63, 3.8) is 0 Å².